The zero-order chi connectivity index (χ0) is 23.9. The van der Waals surface area contributed by atoms with E-state index < -0.39 is 0 Å². The molecule has 0 aliphatic heterocycles. The van der Waals surface area contributed by atoms with E-state index in [0.717, 1.165) is 61.0 Å². The van der Waals surface area contributed by atoms with E-state index in [2.05, 4.69) is 103 Å². The Labute approximate surface area is 208 Å². The van der Waals surface area contributed by atoms with Crippen LogP contribution in [0.1, 0.15) is 0 Å². The van der Waals surface area contributed by atoms with Crippen LogP contribution in [0.3, 0.4) is 0 Å². The van der Waals surface area contributed by atoms with Crippen molar-refractivity contribution >= 4 is 32.6 Å². The monoisotopic (exact) mass is 459 g/mol. The zero-order valence-electron chi connectivity index (χ0n) is 19.5. The molecule has 0 spiro atoms. The van der Waals surface area contributed by atoms with E-state index >= 15 is 0 Å². The van der Waals surface area contributed by atoms with E-state index in [1.165, 1.54) is 5.39 Å². The van der Waals surface area contributed by atoms with Gasteiger partial charge in [0.1, 0.15) is 0 Å². The highest BCUT2D eigenvalue weighted by Crippen LogP contribution is 2.32. The Morgan fingerprint density at radius 2 is 1.03 bits per heavy atom. The summed E-state index contributed by atoms with van der Waals surface area (Å²) >= 11 is 0. The maximum absolute atomic E-state index is 5.12. The van der Waals surface area contributed by atoms with E-state index in [4.69, 9.17) is 15.0 Å². The lowest BCUT2D eigenvalue weighted by molar-refractivity contribution is 1.35. The van der Waals surface area contributed by atoms with Gasteiger partial charge in [-0.3, -0.25) is 4.98 Å². The molecule has 168 valence electrons. The molecule has 0 amide bonds. The number of rotatable bonds is 3. The van der Waals surface area contributed by atoms with Crippen LogP contribution in [0.5, 0.6) is 0 Å². The summed E-state index contributed by atoms with van der Waals surface area (Å²) in [4.78, 5) is 14.9. The van der Waals surface area contributed by atoms with Gasteiger partial charge in [0.2, 0.25) is 0 Å². The van der Waals surface area contributed by atoms with Gasteiger partial charge in [0.15, 0.2) is 0 Å². The molecule has 7 rings (SSSR count). The lowest BCUT2D eigenvalue weighted by Crippen LogP contribution is -1.91. The number of pyridine rings is 3. The van der Waals surface area contributed by atoms with Gasteiger partial charge in [-0.25, -0.2) is 9.97 Å². The highest BCUT2D eigenvalue weighted by atomic mass is 14.8. The number of nitrogens with zero attached hydrogens (tertiary/aromatic N) is 3. The van der Waals surface area contributed by atoms with Gasteiger partial charge in [-0.05, 0) is 29.7 Å². The first-order valence-electron chi connectivity index (χ1n) is 12.0. The van der Waals surface area contributed by atoms with Crippen molar-refractivity contribution in [1.82, 2.24) is 15.0 Å². The smallest absolute Gasteiger partial charge is 0.0972 e. The summed E-state index contributed by atoms with van der Waals surface area (Å²) < 4.78 is 0. The predicted octanol–water partition coefficient (Wildman–Crippen LogP) is 8.33. The first kappa shape index (κ1) is 20.5. The average molecular weight is 460 g/mol. The zero-order valence-corrected chi connectivity index (χ0v) is 19.5. The number of hydrogen-bond acceptors (Lipinski definition) is 3. The van der Waals surface area contributed by atoms with Crippen molar-refractivity contribution in [2.75, 3.05) is 0 Å². The second-order valence-corrected chi connectivity index (χ2v) is 8.93. The molecule has 0 saturated heterocycles. The molecule has 0 aliphatic rings. The van der Waals surface area contributed by atoms with Crippen molar-refractivity contribution < 1.29 is 0 Å². The Morgan fingerprint density at radius 1 is 0.417 bits per heavy atom. The fraction of sp³-hybridized carbons (Fsp3) is 0. The van der Waals surface area contributed by atoms with Crippen LogP contribution in [0.4, 0.5) is 0 Å². The summed E-state index contributed by atoms with van der Waals surface area (Å²) in [7, 11) is 0. The molecular weight excluding hydrogens is 438 g/mol. The predicted molar refractivity (Wildman–Crippen MR) is 149 cm³/mol. The van der Waals surface area contributed by atoms with Crippen molar-refractivity contribution in [2.45, 2.75) is 0 Å². The van der Waals surface area contributed by atoms with Crippen LogP contribution in [0.25, 0.3) is 66.4 Å². The highest BCUT2D eigenvalue weighted by molar-refractivity contribution is 6.04. The highest BCUT2D eigenvalue weighted by Gasteiger charge is 2.11. The third-order valence-corrected chi connectivity index (χ3v) is 6.69. The van der Waals surface area contributed by atoms with Gasteiger partial charge >= 0.3 is 0 Å². The van der Waals surface area contributed by atoms with Crippen molar-refractivity contribution in [1.29, 1.82) is 0 Å². The van der Waals surface area contributed by atoms with Gasteiger partial charge in [-0.15, -0.1) is 0 Å². The fourth-order valence-electron chi connectivity index (χ4n) is 4.87. The van der Waals surface area contributed by atoms with Gasteiger partial charge < -0.3 is 0 Å². The molecular formula is C33H21N3. The molecule has 0 aliphatic carbocycles. The summed E-state index contributed by atoms with van der Waals surface area (Å²) in [6, 6.07) is 41.8. The van der Waals surface area contributed by atoms with Crippen LogP contribution in [0, 0.1) is 0 Å². The number of hydrogen-bond donors (Lipinski definition) is 0. The van der Waals surface area contributed by atoms with Crippen molar-refractivity contribution in [3.05, 3.63) is 128 Å². The molecule has 0 saturated carbocycles. The Hall–Kier alpha value is -4.89. The molecule has 0 radical (unpaired) electrons. The molecule has 3 aromatic heterocycles. The van der Waals surface area contributed by atoms with Crippen molar-refractivity contribution in [2.24, 2.45) is 0 Å². The third kappa shape index (κ3) is 3.50. The summed E-state index contributed by atoms with van der Waals surface area (Å²) in [6.07, 6.45) is 1.88. The second kappa shape index (κ2) is 8.40. The number of benzene rings is 4. The minimum absolute atomic E-state index is 0.913. The van der Waals surface area contributed by atoms with Crippen LogP contribution in [0.15, 0.2) is 128 Å². The third-order valence-electron chi connectivity index (χ3n) is 6.69. The van der Waals surface area contributed by atoms with Gasteiger partial charge in [-0.2, -0.15) is 0 Å². The molecule has 0 unspecified atom stereocenters. The van der Waals surface area contributed by atoms with Crippen LogP contribution in [0.2, 0.25) is 0 Å². The van der Waals surface area contributed by atoms with Gasteiger partial charge in [0, 0.05) is 39.0 Å². The summed E-state index contributed by atoms with van der Waals surface area (Å²) in [5.41, 5.74) is 7.92. The topological polar surface area (TPSA) is 38.7 Å². The largest absolute Gasteiger partial charge is 0.256 e. The summed E-state index contributed by atoms with van der Waals surface area (Å²) in [5, 5.41) is 4.49. The molecule has 4 aromatic carbocycles. The van der Waals surface area contributed by atoms with Gasteiger partial charge in [0.25, 0.3) is 0 Å². The van der Waals surface area contributed by atoms with Crippen LogP contribution < -0.4 is 0 Å². The molecule has 36 heavy (non-hydrogen) atoms. The molecule has 3 heteroatoms. The molecule has 0 bridgehead atoms. The van der Waals surface area contributed by atoms with Gasteiger partial charge in [-0.1, -0.05) is 97.1 Å². The fourth-order valence-corrected chi connectivity index (χ4v) is 4.87. The Morgan fingerprint density at radius 3 is 1.81 bits per heavy atom. The Kier molecular flexibility index (Phi) is 4.78. The van der Waals surface area contributed by atoms with Crippen molar-refractivity contribution in [3.8, 4) is 33.8 Å². The van der Waals surface area contributed by atoms with Crippen LogP contribution in [-0.2, 0) is 0 Å². The molecule has 0 N–H and O–H groups in total. The van der Waals surface area contributed by atoms with Crippen molar-refractivity contribution in [3.63, 3.8) is 0 Å². The molecule has 0 atom stereocenters. The Bertz CT molecular complexity index is 1890. The maximum Gasteiger partial charge on any atom is 0.0972 e. The minimum Gasteiger partial charge on any atom is -0.256 e. The number of aromatic nitrogens is 3. The SMILES string of the molecule is c1ccc(-c2ccc3ccc4ccc(-c5cccc(-c6nccc7ccccc67)c5)nc4c3n2)cc1. The summed E-state index contributed by atoms with van der Waals surface area (Å²) in [6.45, 7) is 0. The lowest BCUT2D eigenvalue weighted by atomic mass is 10.0. The van der Waals surface area contributed by atoms with E-state index in [-0.39, 0.29) is 0 Å². The Balaban J connectivity index is 1.38. The van der Waals surface area contributed by atoms with E-state index in [9.17, 15) is 0 Å². The molecule has 3 nitrogen and oxygen atoms in total. The van der Waals surface area contributed by atoms with Crippen LogP contribution in [-0.4, -0.2) is 15.0 Å². The molecule has 0 fully saturated rings. The van der Waals surface area contributed by atoms with E-state index in [0.29, 0.717) is 0 Å². The van der Waals surface area contributed by atoms with Gasteiger partial charge in [0.05, 0.1) is 28.1 Å². The average Bonchev–Trinajstić information content (AvgIpc) is 2.97. The van der Waals surface area contributed by atoms with E-state index in [1.807, 2.05) is 24.4 Å². The quantitative estimate of drug-likeness (QED) is 0.249. The minimum atomic E-state index is 0.913. The second-order valence-electron chi connectivity index (χ2n) is 8.93. The normalized spacial score (nSPS) is 11.3. The summed E-state index contributed by atoms with van der Waals surface area (Å²) in [5.74, 6) is 0. The standard InChI is InChI=1S/C33H21N3/c1-2-8-23(9-3-1)29-17-15-24-13-14-25-16-18-30(36-33(25)32(24)35-29)26-10-6-11-27(21-26)31-28-12-5-4-7-22(28)19-20-34-31/h1-21H. The molecule has 3 heterocycles. The van der Waals surface area contributed by atoms with E-state index in [1.54, 1.807) is 0 Å². The molecule has 7 aromatic rings. The maximum atomic E-state index is 5.12. The number of fused-ring (bicyclic) bond motifs is 4. The van der Waals surface area contributed by atoms with Crippen LogP contribution >= 0.6 is 0 Å². The first-order valence-corrected chi connectivity index (χ1v) is 12.0. The first-order chi connectivity index (χ1) is 17.8. The lowest BCUT2D eigenvalue weighted by Gasteiger charge is -2.10.